The highest BCUT2D eigenvalue weighted by Crippen LogP contribution is 2.33. The smallest absolute Gasteiger partial charge is 0.341 e. The number of anilines is 2. The zero-order valence-corrected chi connectivity index (χ0v) is 13.9. The number of nitrogens with zero attached hydrogens (tertiary/aromatic N) is 1. The van der Waals surface area contributed by atoms with Crippen molar-refractivity contribution in [3.63, 3.8) is 0 Å². The molecule has 0 amide bonds. The fourth-order valence-electron chi connectivity index (χ4n) is 2.54. The van der Waals surface area contributed by atoms with E-state index in [4.69, 9.17) is 9.47 Å². The number of carbonyl (C=O) groups is 1. The molecule has 0 aliphatic heterocycles. The summed E-state index contributed by atoms with van der Waals surface area (Å²) >= 11 is 0. The first-order chi connectivity index (χ1) is 12.1. The fraction of sp³-hybridized carbons (Fsp3) is 0.158. The summed E-state index contributed by atoms with van der Waals surface area (Å²) in [7, 11) is 1.56. The van der Waals surface area contributed by atoms with Crippen LogP contribution in [0.3, 0.4) is 0 Å². The highest BCUT2D eigenvalue weighted by atomic mass is 19.1. The largest absolute Gasteiger partial charge is 0.494 e. The molecule has 3 aromatic rings. The molecule has 0 unspecified atom stereocenters. The first kappa shape index (κ1) is 16.7. The van der Waals surface area contributed by atoms with Crippen LogP contribution in [0.15, 0.2) is 48.7 Å². The monoisotopic (exact) mass is 340 g/mol. The van der Waals surface area contributed by atoms with Crippen LogP contribution in [0.2, 0.25) is 0 Å². The third kappa shape index (κ3) is 3.38. The van der Waals surface area contributed by atoms with E-state index in [0.717, 1.165) is 0 Å². The molecule has 0 bridgehead atoms. The lowest BCUT2D eigenvalue weighted by atomic mass is 10.1. The Morgan fingerprint density at radius 3 is 2.64 bits per heavy atom. The van der Waals surface area contributed by atoms with Gasteiger partial charge in [-0.3, -0.25) is 4.98 Å². The summed E-state index contributed by atoms with van der Waals surface area (Å²) in [5.41, 5.74) is 2.09. The summed E-state index contributed by atoms with van der Waals surface area (Å²) in [5.74, 6) is -0.225. The predicted molar refractivity (Wildman–Crippen MR) is 93.9 cm³/mol. The summed E-state index contributed by atoms with van der Waals surface area (Å²) in [5, 5.41) is 3.87. The van der Waals surface area contributed by atoms with Gasteiger partial charge in [-0.05, 0) is 37.3 Å². The van der Waals surface area contributed by atoms with Crippen molar-refractivity contribution >= 4 is 28.2 Å². The van der Waals surface area contributed by atoms with Gasteiger partial charge in [0.1, 0.15) is 22.6 Å². The van der Waals surface area contributed by atoms with Gasteiger partial charge in [0.2, 0.25) is 0 Å². The van der Waals surface area contributed by atoms with Crippen LogP contribution < -0.4 is 10.1 Å². The van der Waals surface area contributed by atoms with E-state index < -0.39 is 5.97 Å². The van der Waals surface area contributed by atoms with Gasteiger partial charge in [-0.1, -0.05) is 12.1 Å². The summed E-state index contributed by atoms with van der Waals surface area (Å²) < 4.78 is 23.6. The molecule has 0 aliphatic carbocycles. The second-order valence-electron chi connectivity index (χ2n) is 5.26. The number of esters is 1. The maximum absolute atomic E-state index is 13.2. The minimum absolute atomic E-state index is 0.255. The molecule has 0 radical (unpaired) electrons. The number of hydrogen-bond acceptors (Lipinski definition) is 5. The Balaban J connectivity index is 2.17. The van der Waals surface area contributed by atoms with Gasteiger partial charge in [0.15, 0.2) is 0 Å². The second kappa shape index (κ2) is 7.17. The maximum atomic E-state index is 13.2. The molecule has 0 saturated carbocycles. The van der Waals surface area contributed by atoms with Crippen LogP contribution in [0.25, 0.3) is 10.9 Å². The van der Waals surface area contributed by atoms with Crippen molar-refractivity contribution in [3.8, 4) is 5.75 Å². The zero-order chi connectivity index (χ0) is 17.8. The number of carbonyl (C=O) groups excluding carboxylic acids is 1. The molecule has 0 spiro atoms. The lowest BCUT2D eigenvalue weighted by Crippen LogP contribution is -2.09. The number of pyridine rings is 1. The summed E-state index contributed by atoms with van der Waals surface area (Å²) in [6.45, 7) is 1.99. The van der Waals surface area contributed by atoms with Crippen molar-refractivity contribution in [2.45, 2.75) is 6.92 Å². The number of methoxy groups -OCH3 is 1. The average Bonchev–Trinajstić information content (AvgIpc) is 2.63. The Bertz CT molecular complexity index is 910. The SMILES string of the molecule is CCOC(=O)c1cnc2c(OC)cccc2c1Nc1ccc(F)cc1. The number of nitrogens with one attached hydrogen (secondary N) is 1. The standard InChI is InChI=1S/C19H17FN2O3/c1-3-25-19(23)15-11-21-18-14(5-4-6-16(18)24-2)17(15)22-13-9-7-12(20)8-10-13/h4-11H,3H2,1-2H3,(H,21,22). The van der Waals surface area contributed by atoms with E-state index in [2.05, 4.69) is 10.3 Å². The van der Waals surface area contributed by atoms with E-state index in [-0.39, 0.29) is 12.4 Å². The molecule has 1 N–H and O–H groups in total. The molecule has 1 aromatic heterocycles. The van der Waals surface area contributed by atoms with Gasteiger partial charge in [-0.15, -0.1) is 0 Å². The highest BCUT2D eigenvalue weighted by Gasteiger charge is 2.18. The van der Waals surface area contributed by atoms with Crippen LogP contribution in [0.5, 0.6) is 5.75 Å². The lowest BCUT2D eigenvalue weighted by molar-refractivity contribution is 0.0527. The Morgan fingerprint density at radius 2 is 1.96 bits per heavy atom. The van der Waals surface area contributed by atoms with Crippen LogP contribution in [-0.4, -0.2) is 24.7 Å². The normalized spacial score (nSPS) is 10.5. The van der Waals surface area contributed by atoms with Gasteiger partial charge in [-0.2, -0.15) is 0 Å². The van der Waals surface area contributed by atoms with E-state index in [1.165, 1.54) is 18.3 Å². The number of aromatic nitrogens is 1. The van der Waals surface area contributed by atoms with E-state index in [9.17, 15) is 9.18 Å². The molecule has 0 atom stereocenters. The second-order valence-corrected chi connectivity index (χ2v) is 5.26. The fourth-order valence-corrected chi connectivity index (χ4v) is 2.54. The molecule has 128 valence electrons. The molecule has 5 nitrogen and oxygen atoms in total. The van der Waals surface area contributed by atoms with Crippen LogP contribution >= 0.6 is 0 Å². The number of benzene rings is 2. The lowest BCUT2D eigenvalue weighted by Gasteiger charge is -2.15. The molecule has 6 heteroatoms. The Kier molecular flexibility index (Phi) is 4.79. The molecular weight excluding hydrogens is 323 g/mol. The van der Waals surface area contributed by atoms with Crippen LogP contribution in [0.1, 0.15) is 17.3 Å². The minimum Gasteiger partial charge on any atom is -0.494 e. The van der Waals surface area contributed by atoms with Crippen LogP contribution in [0, 0.1) is 5.82 Å². The van der Waals surface area contributed by atoms with Crippen molar-refractivity contribution in [1.82, 2.24) is 4.98 Å². The molecule has 1 heterocycles. The molecule has 2 aromatic carbocycles. The Hall–Kier alpha value is -3.15. The predicted octanol–water partition coefficient (Wildman–Crippen LogP) is 4.30. The molecule has 0 fully saturated rings. The van der Waals surface area contributed by atoms with Gasteiger partial charge < -0.3 is 14.8 Å². The molecule has 25 heavy (non-hydrogen) atoms. The van der Waals surface area contributed by atoms with Gasteiger partial charge in [0.05, 0.1) is 19.4 Å². The number of halogens is 1. The van der Waals surface area contributed by atoms with Crippen molar-refractivity contribution in [2.24, 2.45) is 0 Å². The molecule has 3 rings (SSSR count). The topological polar surface area (TPSA) is 60.5 Å². The van der Waals surface area contributed by atoms with Gasteiger partial charge >= 0.3 is 5.97 Å². The van der Waals surface area contributed by atoms with Gasteiger partial charge in [-0.25, -0.2) is 9.18 Å². The number of ether oxygens (including phenoxy) is 2. The zero-order valence-electron chi connectivity index (χ0n) is 13.9. The minimum atomic E-state index is -0.482. The number of para-hydroxylation sites is 1. The third-order valence-corrected chi connectivity index (χ3v) is 3.69. The van der Waals surface area contributed by atoms with E-state index in [1.54, 1.807) is 32.2 Å². The van der Waals surface area contributed by atoms with Crippen molar-refractivity contribution in [1.29, 1.82) is 0 Å². The molecular formula is C19H17FN2O3. The molecule has 0 saturated heterocycles. The number of hydrogen-bond donors (Lipinski definition) is 1. The van der Waals surface area contributed by atoms with Crippen LogP contribution in [-0.2, 0) is 4.74 Å². The van der Waals surface area contributed by atoms with Crippen molar-refractivity contribution in [2.75, 3.05) is 19.0 Å². The van der Waals surface area contributed by atoms with Gasteiger partial charge in [0, 0.05) is 17.3 Å². The summed E-state index contributed by atoms with van der Waals surface area (Å²) in [6, 6.07) is 11.3. The van der Waals surface area contributed by atoms with Crippen molar-refractivity contribution < 1.29 is 18.7 Å². The quantitative estimate of drug-likeness (QED) is 0.702. The maximum Gasteiger partial charge on any atom is 0.341 e. The molecule has 0 aliphatic rings. The Morgan fingerprint density at radius 1 is 1.20 bits per heavy atom. The first-order valence-corrected chi connectivity index (χ1v) is 7.79. The van der Waals surface area contributed by atoms with Crippen molar-refractivity contribution in [3.05, 3.63) is 60.0 Å². The summed E-state index contributed by atoms with van der Waals surface area (Å²) in [4.78, 5) is 16.7. The Labute approximate surface area is 144 Å². The third-order valence-electron chi connectivity index (χ3n) is 3.69. The number of fused-ring (bicyclic) bond motifs is 1. The summed E-state index contributed by atoms with van der Waals surface area (Å²) in [6.07, 6.45) is 1.45. The van der Waals surface area contributed by atoms with E-state index >= 15 is 0 Å². The number of rotatable bonds is 5. The average molecular weight is 340 g/mol. The highest BCUT2D eigenvalue weighted by molar-refractivity contribution is 6.07. The van der Waals surface area contributed by atoms with Crippen LogP contribution in [0.4, 0.5) is 15.8 Å². The first-order valence-electron chi connectivity index (χ1n) is 7.79. The van der Waals surface area contributed by atoms with E-state index in [0.29, 0.717) is 33.6 Å². The van der Waals surface area contributed by atoms with E-state index in [1.807, 2.05) is 12.1 Å². The van der Waals surface area contributed by atoms with Gasteiger partial charge in [0.25, 0.3) is 0 Å².